The molecule has 0 fully saturated rings. The zero-order valence-electron chi connectivity index (χ0n) is 22.5. The molecule has 0 aromatic heterocycles. The Labute approximate surface area is 245 Å². The van der Waals surface area contributed by atoms with Crippen LogP contribution in [0.1, 0.15) is 30.4 Å². The summed E-state index contributed by atoms with van der Waals surface area (Å²) in [6, 6.07) is 10.2. The van der Waals surface area contributed by atoms with Gasteiger partial charge in [-0.25, -0.2) is 16.8 Å². The van der Waals surface area contributed by atoms with Gasteiger partial charge in [-0.15, -0.1) is 0 Å². The maximum Gasteiger partial charge on any atom is 0.261 e. The summed E-state index contributed by atoms with van der Waals surface area (Å²) in [4.78, 5) is 4.80. The Kier molecular flexibility index (Phi) is 17.7. The second-order valence-corrected chi connectivity index (χ2v) is 15.3. The molecule has 0 spiro atoms. The molecule has 0 atom stereocenters. The molecular weight excluding hydrogens is 666 g/mol. The van der Waals surface area contributed by atoms with E-state index < -0.39 is 18.9 Å². The number of unbranched alkanes of at least 4 members (excludes halogenated alkanes) is 1. The van der Waals surface area contributed by atoms with E-state index in [4.69, 9.17) is 16.4 Å². The Bertz CT molecular complexity index is 1180. The molecule has 0 radical (unpaired) electrons. The number of hydrogen-bond donors (Lipinski definition) is 1. The maximum atomic E-state index is 12.2. The fourth-order valence-electron chi connectivity index (χ4n) is 3.01. The van der Waals surface area contributed by atoms with Crippen molar-refractivity contribution in [2.75, 3.05) is 53.6 Å². The van der Waals surface area contributed by atoms with Gasteiger partial charge in [-0.1, -0.05) is 44.0 Å². The Morgan fingerprint density at radius 3 is 1.57 bits per heavy atom. The largest absolute Gasteiger partial charge is 0.330 e. The summed E-state index contributed by atoms with van der Waals surface area (Å²) in [6.07, 6.45) is 2.71. The van der Waals surface area contributed by atoms with Crippen molar-refractivity contribution in [1.82, 2.24) is 9.80 Å². The Balaban J connectivity index is 0.000000586. The van der Waals surface area contributed by atoms with Gasteiger partial charge in [-0.3, -0.25) is 0 Å². The predicted molar refractivity (Wildman–Crippen MR) is 163 cm³/mol. The van der Waals surface area contributed by atoms with Gasteiger partial charge in [0.25, 0.3) is 9.05 Å². The molecule has 12 heteroatoms. The van der Waals surface area contributed by atoms with Crippen molar-refractivity contribution in [1.29, 1.82) is 0 Å². The number of hydrogen-bond acceptors (Lipinski definition) is 7. The molecule has 2 aromatic rings. The van der Waals surface area contributed by atoms with Gasteiger partial charge < -0.3 is 15.5 Å². The van der Waals surface area contributed by atoms with Crippen LogP contribution in [0.15, 0.2) is 55.1 Å². The van der Waals surface area contributed by atoms with Crippen molar-refractivity contribution < 1.29 is 16.8 Å². The summed E-state index contributed by atoms with van der Waals surface area (Å²) in [7, 11) is 6.50. The van der Waals surface area contributed by atoms with Crippen LogP contribution >= 0.6 is 42.5 Å². The van der Waals surface area contributed by atoms with Crippen molar-refractivity contribution in [2.45, 2.75) is 42.9 Å². The first kappa shape index (κ1) is 36.5. The van der Waals surface area contributed by atoms with Gasteiger partial charge in [0, 0.05) is 19.6 Å². The van der Waals surface area contributed by atoms with Crippen molar-refractivity contribution in [3.05, 3.63) is 56.5 Å². The molecule has 37 heavy (non-hydrogen) atoms. The van der Waals surface area contributed by atoms with Crippen molar-refractivity contribution in [2.24, 2.45) is 5.73 Å². The van der Waals surface area contributed by atoms with Crippen molar-refractivity contribution >= 4 is 61.4 Å². The van der Waals surface area contributed by atoms with Crippen molar-refractivity contribution in [3.8, 4) is 0 Å². The quantitative estimate of drug-likeness (QED) is 0.259. The van der Waals surface area contributed by atoms with Gasteiger partial charge in [-0.2, -0.15) is 0 Å². The van der Waals surface area contributed by atoms with Crippen LogP contribution in [-0.2, 0) is 18.9 Å². The van der Waals surface area contributed by atoms with Gasteiger partial charge in [0.2, 0.25) is 0 Å². The number of benzene rings is 2. The topological polar surface area (TPSA) is 101 Å². The molecule has 0 amide bonds. The van der Waals surface area contributed by atoms with Crippen LogP contribution in [0.25, 0.3) is 0 Å². The second kappa shape index (κ2) is 17.9. The van der Waals surface area contributed by atoms with Crippen LogP contribution in [0, 0.1) is 13.8 Å². The fourth-order valence-corrected chi connectivity index (χ4v) is 6.89. The smallest absolute Gasteiger partial charge is 0.261 e. The highest BCUT2D eigenvalue weighted by Crippen LogP contribution is 2.26. The third kappa shape index (κ3) is 15.0. The zero-order valence-corrected chi connectivity index (χ0v) is 28.0. The van der Waals surface area contributed by atoms with Gasteiger partial charge >= 0.3 is 0 Å². The molecule has 0 bridgehead atoms. The van der Waals surface area contributed by atoms with E-state index in [1.165, 1.54) is 6.07 Å². The average Bonchev–Trinajstić information content (AvgIpc) is 2.79. The van der Waals surface area contributed by atoms with Crippen LogP contribution in [0.5, 0.6) is 0 Å². The van der Waals surface area contributed by atoms with E-state index >= 15 is 0 Å². The van der Waals surface area contributed by atoms with E-state index in [9.17, 15) is 16.8 Å². The Morgan fingerprint density at radius 1 is 0.757 bits per heavy atom. The lowest BCUT2D eigenvalue weighted by atomic mass is 10.2. The highest BCUT2D eigenvalue weighted by atomic mass is 79.9. The Morgan fingerprint density at radius 2 is 1.19 bits per heavy atom. The van der Waals surface area contributed by atoms with E-state index in [0.717, 1.165) is 47.0 Å². The molecule has 0 aliphatic carbocycles. The molecule has 0 saturated carbocycles. The van der Waals surface area contributed by atoms with Gasteiger partial charge in [0.15, 0.2) is 9.84 Å². The zero-order chi connectivity index (χ0) is 28.8. The van der Waals surface area contributed by atoms with E-state index in [1.54, 1.807) is 31.2 Å². The molecule has 2 N–H and O–H groups in total. The Hall–Kier alpha value is -0.530. The lowest BCUT2D eigenvalue weighted by Crippen LogP contribution is -2.16. The van der Waals surface area contributed by atoms with E-state index in [1.807, 2.05) is 27.1 Å². The summed E-state index contributed by atoms with van der Waals surface area (Å²) in [6.45, 7) is 6.36. The number of halogens is 3. The number of sulfone groups is 1. The predicted octanol–water partition coefficient (Wildman–Crippen LogP) is 5.45. The maximum absolute atomic E-state index is 12.2. The molecule has 0 aliphatic rings. The van der Waals surface area contributed by atoms with Crippen LogP contribution in [0.4, 0.5) is 0 Å². The molecular formula is C25H40Br2ClN3O4S2. The second-order valence-electron chi connectivity index (χ2n) is 8.94. The number of nitrogens with two attached hydrogens (primary N) is 1. The molecule has 0 aliphatic heterocycles. The first-order chi connectivity index (χ1) is 17.0. The first-order valence-corrected chi connectivity index (χ1v) is 17.3. The van der Waals surface area contributed by atoms with Crippen LogP contribution in [0.2, 0.25) is 0 Å². The first-order valence-electron chi connectivity index (χ1n) is 11.7. The van der Waals surface area contributed by atoms with E-state index in [2.05, 4.69) is 55.8 Å². The van der Waals surface area contributed by atoms with Crippen molar-refractivity contribution in [3.63, 3.8) is 0 Å². The summed E-state index contributed by atoms with van der Waals surface area (Å²) in [5.41, 5.74) is 6.68. The van der Waals surface area contributed by atoms with Gasteiger partial charge in [-0.05, 0) is 116 Å². The molecule has 2 rings (SSSR count). The van der Waals surface area contributed by atoms with Crippen LogP contribution < -0.4 is 5.73 Å². The molecule has 0 saturated heterocycles. The fraction of sp³-hybridized carbons (Fsp3) is 0.520. The van der Waals surface area contributed by atoms with E-state index in [-0.39, 0.29) is 10.6 Å². The number of nitrogens with zero attached hydrogens (tertiary/aromatic N) is 2. The molecule has 0 unspecified atom stereocenters. The third-order valence-corrected chi connectivity index (χ3v) is 10.2. The minimum atomic E-state index is -3.61. The normalized spacial score (nSPS) is 11.6. The van der Waals surface area contributed by atoms with Gasteiger partial charge in [0.1, 0.15) is 0 Å². The summed E-state index contributed by atoms with van der Waals surface area (Å²) in [5.74, 6) is 0.220. The number of rotatable bonds is 10. The summed E-state index contributed by atoms with van der Waals surface area (Å²) in [5, 5.41) is 0. The molecule has 2 aromatic carbocycles. The standard InChI is InChI=1S/C13H20BrNO2S.C7H6BrClO2S.C5H14N2/c1-11-12(14)7-6-8-13(11)18(16,17)10-5-4-9-15(2)3;1-5-6(8)3-2-4-7(5)12(9,10)11;1-7(2)5-3-4-6/h6-8H,4-5,9-10H2,1-3H3;2-4H,1H3;3-6H2,1-2H3. The van der Waals surface area contributed by atoms with E-state index in [0.29, 0.717) is 16.9 Å². The molecule has 0 heterocycles. The lowest BCUT2D eigenvalue weighted by Gasteiger charge is -2.11. The minimum absolute atomic E-state index is 0.151. The molecule has 212 valence electrons. The minimum Gasteiger partial charge on any atom is -0.330 e. The summed E-state index contributed by atoms with van der Waals surface area (Å²) < 4.78 is 47.9. The highest BCUT2D eigenvalue weighted by molar-refractivity contribution is 9.10. The SMILES string of the molecule is CN(C)CCCN.Cc1c(Br)cccc1S(=O)(=O)CCCCN(C)C.Cc1c(Br)cccc1S(=O)(=O)Cl. The third-order valence-electron chi connectivity index (χ3n) is 5.11. The highest BCUT2D eigenvalue weighted by Gasteiger charge is 2.17. The lowest BCUT2D eigenvalue weighted by molar-refractivity contribution is 0.398. The molecule has 7 nitrogen and oxygen atoms in total. The van der Waals surface area contributed by atoms with Crippen LogP contribution in [-0.4, -0.2) is 80.2 Å². The summed E-state index contributed by atoms with van der Waals surface area (Å²) >= 11 is 6.58. The monoisotopic (exact) mass is 703 g/mol. The van der Waals surface area contributed by atoms with Crippen LogP contribution in [0.3, 0.4) is 0 Å². The average molecular weight is 706 g/mol. The van der Waals surface area contributed by atoms with Gasteiger partial charge in [0.05, 0.1) is 15.5 Å².